The maximum absolute atomic E-state index is 5.75. The van der Waals surface area contributed by atoms with E-state index in [1.54, 1.807) is 0 Å². The molecule has 0 unspecified atom stereocenters. The Balaban J connectivity index is 2.54. The first-order valence-corrected chi connectivity index (χ1v) is 6.16. The van der Waals surface area contributed by atoms with Crippen LogP contribution in [0.25, 0.3) is 0 Å². The van der Waals surface area contributed by atoms with E-state index in [4.69, 9.17) is 4.74 Å². The summed E-state index contributed by atoms with van der Waals surface area (Å²) in [7, 11) is 4.18. The highest BCUT2D eigenvalue weighted by Gasteiger charge is 2.12. The predicted octanol–water partition coefficient (Wildman–Crippen LogP) is 2.75. The minimum absolute atomic E-state index is 0.185. The third kappa shape index (κ3) is 6.27. The zero-order valence-corrected chi connectivity index (χ0v) is 11.7. The molecular formula is C14H24N2O. The molecule has 0 radical (unpaired) electrons. The number of ether oxygens (including phenoxy) is 1. The molecule has 0 aromatic carbocycles. The molecule has 0 amide bonds. The quantitative estimate of drug-likeness (QED) is 0.786. The molecule has 17 heavy (non-hydrogen) atoms. The number of aryl methyl sites for hydroxylation is 1. The summed E-state index contributed by atoms with van der Waals surface area (Å²) in [5, 5.41) is 0. The smallest absolute Gasteiger partial charge is 0.213 e. The van der Waals surface area contributed by atoms with Gasteiger partial charge in [-0.2, -0.15) is 0 Å². The third-order valence-electron chi connectivity index (χ3n) is 2.23. The van der Waals surface area contributed by atoms with E-state index in [1.165, 1.54) is 0 Å². The Morgan fingerprint density at radius 3 is 2.53 bits per heavy atom. The molecule has 1 rings (SSSR count). The normalized spacial score (nSPS) is 11.9. The van der Waals surface area contributed by atoms with Crippen LogP contribution < -0.4 is 4.74 Å². The minimum atomic E-state index is -0.185. The average Bonchev–Trinajstić information content (AvgIpc) is 2.14. The van der Waals surface area contributed by atoms with Crippen LogP contribution in [0.15, 0.2) is 18.2 Å². The van der Waals surface area contributed by atoms with Crippen molar-refractivity contribution in [3.63, 3.8) is 0 Å². The van der Waals surface area contributed by atoms with Crippen LogP contribution in [0.2, 0.25) is 0 Å². The highest BCUT2D eigenvalue weighted by Crippen LogP contribution is 2.16. The van der Waals surface area contributed by atoms with Crippen LogP contribution in [0.4, 0.5) is 0 Å². The van der Waals surface area contributed by atoms with Gasteiger partial charge in [-0.05, 0) is 60.3 Å². The Hall–Kier alpha value is -1.09. The molecule has 0 aliphatic carbocycles. The molecule has 1 aromatic rings. The van der Waals surface area contributed by atoms with Gasteiger partial charge in [-0.1, -0.05) is 6.07 Å². The first-order valence-electron chi connectivity index (χ1n) is 6.16. The van der Waals surface area contributed by atoms with Crippen LogP contribution in [0.5, 0.6) is 5.88 Å². The zero-order valence-electron chi connectivity index (χ0n) is 11.7. The number of aromatic nitrogens is 1. The molecule has 3 heteroatoms. The molecular weight excluding hydrogens is 212 g/mol. The summed E-state index contributed by atoms with van der Waals surface area (Å²) in [5.41, 5.74) is 0.920. The lowest BCUT2D eigenvalue weighted by Crippen LogP contribution is -2.23. The second kappa shape index (κ2) is 6.01. The fraction of sp³-hybridized carbons (Fsp3) is 0.643. The highest BCUT2D eigenvalue weighted by molar-refractivity contribution is 5.16. The van der Waals surface area contributed by atoms with E-state index in [-0.39, 0.29) is 5.60 Å². The number of hydrogen-bond donors (Lipinski definition) is 0. The van der Waals surface area contributed by atoms with Crippen molar-refractivity contribution in [1.82, 2.24) is 9.88 Å². The van der Waals surface area contributed by atoms with Gasteiger partial charge in [0.2, 0.25) is 5.88 Å². The van der Waals surface area contributed by atoms with Crippen LogP contribution in [-0.2, 0) is 6.42 Å². The fourth-order valence-electron chi connectivity index (χ4n) is 1.54. The maximum atomic E-state index is 5.75. The number of rotatable bonds is 5. The predicted molar refractivity (Wildman–Crippen MR) is 71.5 cm³/mol. The number of nitrogens with zero attached hydrogens (tertiary/aromatic N) is 2. The van der Waals surface area contributed by atoms with Gasteiger partial charge in [-0.25, -0.2) is 4.98 Å². The van der Waals surface area contributed by atoms with E-state index in [9.17, 15) is 0 Å². The van der Waals surface area contributed by atoms with Crippen molar-refractivity contribution in [2.75, 3.05) is 20.6 Å². The van der Waals surface area contributed by atoms with Gasteiger partial charge in [0, 0.05) is 11.8 Å². The van der Waals surface area contributed by atoms with E-state index in [2.05, 4.69) is 30.0 Å². The topological polar surface area (TPSA) is 25.4 Å². The third-order valence-corrected chi connectivity index (χ3v) is 2.23. The Morgan fingerprint density at radius 2 is 1.94 bits per heavy atom. The second-order valence-corrected chi connectivity index (χ2v) is 5.59. The molecule has 0 bridgehead atoms. The minimum Gasteiger partial charge on any atom is -0.472 e. The maximum Gasteiger partial charge on any atom is 0.213 e. The van der Waals surface area contributed by atoms with Gasteiger partial charge < -0.3 is 9.64 Å². The molecule has 0 aliphatic rings. The molecule has 96 valence electrons. The SMILES string of the molecule is CN(C)CCCc1cccc(OC(C)(C)C)n1. The monoisotopic (exact) mass is 236 g/mol. The van der Waals surface area contributed by atoms with Gasteiger partial charge in [-0.15, -0.1) is 0 Å². The summed E-state index contributed by atoms with van der Waals surface area (Å²) in [5.74, 6) is 0.722. The van der Waals surface area contributed by atoms with Crippen molar-refractivity contribution < 1.29 is 4.74 Å². The van der Waals surface area contributed by atoms with Crippen molar-refractivity contribution in [3.05, 3.63) is 23.9 Å². The summed E-state index contributed by atoms with van der Waals surface area (Å²) >= 11 is 0. The van der Waals surface area contributed by atoms with E-state index in [0.29, 0.717) is 0 Å². The molecule has 0 saturated heterocycles. The molecule has 1 heterocycles. The summed E-state index contributed by atoms with van der Waals surface area (Å²) in [6.45, 7) is 7.19. The largest absolute Gasteiger partial charge is 0.472 e. The van der Waals surface area contributed by atoms with E-state index >= 15 is 0 Å². The van der Waals surface area contributed by atoms with Crippen LogP contribution in [0.1, 0.15) is 32.9 Å². The van der Waals surface area contributed by atoms with Gasteiger partial charge >= 0.3 is 0 Å². The van der Waals surface area contributed by atoms with Gasteiger partial charge in [0.05, 0.1) is 0 Å². The average molecular weight is 236 g/mol. The molecule has 0 N–H and O–H groups in total. The standard InChI is InChI=1S/C14H24N2O/c1-14(2,3)17-13-10-6-8-12(15-13)9-7-11-16(4)5/h6,8,10H,7,9,11H2,1-5H3. The molecule has 0 saturated carbocycles. The lowest BCUT2D eigenvalue weighted by Gasteiger charge is -2.20. The van der Waals surface area contributed by atoms with Crippen LogP contribution in [0, 0.1) is 0 Å². The lowest BCUT2D eigenvalue weighted by atomic mass is 10.2. The zero-order chi connectivity index (χ0) is 12.9. The number of pyridine rings is 1. The fourth-order valence-corrected chi connectivity index (χ4v) is 1.54. The Morgan fingerprint density at radius 1 is 1.24 bits per heavy atom. The van der Waals surface area contributed by atoms with Crippen LogP contribution >= 0.6 is 0 Å². The molecule has 3 nitrogen and oxygen atoms in total. The van der Waals surface area contributed by atoms with E-state index in [1.807, 2.05) is 32.9 Å². The van der Waals surface area contributed by atoms with Gasteiger partial charge in [-0.3, -0.25) is 0 Å². The molecule has 0 atom stereocenters. The first kappa shape index (κ1) is 14.0. The first-order chi connectivity index (χ1) is 7.87. The molecule has 1 aromatic heterocycles. The Bertz CT molecular complexity index is 342. The van der Waals surface area contributed by atoms with Gasteiger partial charge in [0.15, 0.2) is 0 Å². The van der Waals surface area contributed by atoms with Crippen molar-refractivity contribution in [3.8, 4) is 5.88 Å². The lowest BCUT2D eigenvalue weighted by molar-refractivity contribution is 0.124. The van der Waals surface area contributed by atoms with E-state index in [0.717, 1.165) is 31.0 Å². The van der Waals surface area contributed by atoms with Crippen molar-refractivity contribution in [2.45, 2.75) is 39.2 Å². The van der Waals surface area contributed by atoms with Gasteiger partial charge in [0.1, 0.15) is 5.60 Å². The molecule has 0 aliphatic heterocycles. The molecule has 0 fully saturated rings. The Kier molecular flexibility index (Phi) is 4.94. The van der Waals surface area contributed by atoms with Crippen molar-refractivity contribution in [2.24, 2.45) is 0 Å². The highest BCUT2D eigenvalue weighted by atomic mass is 16.5. The summed E-state index contributed by atoms with van der Waals surface area (Å²) in [4.78, 5) is 6.70. The summed E-state index contributed by atoms with van der Waals surface area (Å²) in [6, 6.07) is 5.99. The van der Waals surface area contributed by atoms with Crippen LogP contribution in [0.3, 0.4) is 0 Å². The second-order valence-electron chi connectivity index (χ2n) is 5.59. The summed E-state index contributed by atoms with van der Waals surface area (Å²) < 4.78 is 5.75. The Labute approximate surface area is 105 Å². The summed E-state index contributed by atoms with van der Waals surface area (Å²) in [6.07, 6.45) is 2.12. The van der Waals surface area contributed by atoms with E-state index < -0.39 is 0 Å². The van der Waals surface area contributed by atoms with Crippen LogP contribution in [-0.4, -0.2) is 36.1 Å². The van der Waals surface area contributed by atoms with Crippen molar-refractivity contribution >= 4 is 0 Å². The number of hydrogen-bond acceptors (Lipinski definition) is 3. The van der Waals surface area contributed by atoms with Crippen molar-refractivity contribution in [1.29, 1.82) is 0 Å². The van der Waals surface area contributed by atoms with Gasteiger partial charge in [0.25, 0.3) is 0 Å². The molecule has 0 spiro atoms.